The van der Waals surface area contributed by atoms with Gasteiger partial charge in [0.05, 0.1) is 11.9 Å². The number of halogens is 2. The smallest absolute Gasteiger partial charge is 0.545 e. The van der Waals surface area contributed by atoms with E-state index < -0.39 is 64.6 Å². The molecule has 0 aromatic heterocycles. The molecule has 4 N–H and O–H groups in total. The van der Waals surface area contributed by atoms with Gasteiger partial charge in [0.2, 0.25) is 0 Å². The van der Waals surface area contributed by atoms with E-state index in [1.165, 1.54) is 24.3 Å². The Morgan fingerprint density at radius 1 is 0.579 bits per heavy atom. The number of carbonyl (C=O) groups is 2. The standard InChI is InChI=1S/2C18H13ClN2O6S.Ba/c2*1-9-6-15(28(25,26)27)14(8-13(9)19)20-21-16-11-5-3-2-4-10(11)7-12(17(16)22)18(23)24;/h2*2-8,22H,1H3,(H,23,24)(H,25,26,27);/q;;+2/p-2. The van der Waals surface area contributed by atoms with Gasteiger partial charge in [0.1, 0.15) is 32.5 Å². The van der Waals surface area contributed by atoms with Crippen LogP contribution in [-0.2, 0) is 20.2 Å². The van der Waals surface area contributed by atoms with Crippen LogP contribution in [-0.4, -0.2) is 97.0 Å². The number of rotatable bonds is 8. The van der Waals surface area contributed by atoms with Gasteiger partial charge in [-0.15, -0.1) is 20.5 Å². The largest absolute Gasteiger partial charge is 2.00 e. The number of carboxylic acids is 2. The molecule has 0 unspecified atom stereocenters. The molecular formula is C36H24BaCl2N4O12S2. The third-order valence-electron chi connectivity index (χ3n) is 7.98. The molecule has 6 aromatic rings. The van der Waals surface area contributed by atoms with Crippen LogP contribution in [0.25, 0.3) is 21.5 Å². The molecule has 6 aromatic carbocycles. The Morgan fingerprint density at radius 3 is 1.23 bits per heavy atom. The number of benzene rings is 6. The second-order valence-corrected chi connectivity index (χ2v) is 15.3. The van der Waals surface area contributed by atoms with Gasteiger partial charge in [-0.25, -0.2) is 0 Å². The molecular weight excluding hydrogens is 953 g/mol. The van der Waals surface area contributed by atoms with Crippen LogP contribution in [0.15, 0.2) is 115 Å². The van der Waals surface area contributed by atoms with Gasteiger partial charge in [-0.2, -0.15) is 16.8 Å². The van der Waals surface area contributed by atoms with Gasteiger partial charge < -0.3 is 30.0 Å². The van der Waals surface area contributed by atoms with Crippen LogP contribution in [0.3, 0.4) is 0 Å². The fraction of sp³-hybridized carbons (Fsp3) is 0.0556. The molecule has 288 valence electrons. The molecule has 0 radical (unpaired) electrons. The van der Waals surface area contributed by atoms with Gasteiger partial charge in [-0.3, -0.25) is 9.11 Å². The SMILES string of the molecule is Cc1cc(S(=O)(=O)O)c(N=Nc2c(O)c(C(=O)[O-])cc3ccccc23)cc1Cl.Cc1cc(S(=O)(=O)O)c(N=Nc2c(O)c(C(=O)[O-])cc3ccccc23)cc1Cl.[Ba+2]. The quantitative estimate of drug-likeness (QED) is 0.0706. The predicted molar refractivity (Wildman–Crippen MR) is 206 cm³/mol. The summed E-state index contributed by atoms with van der Waals surface area (Å²) < 4.78 is 65.3. The van der Waals surface area contributed by atoms with Gasteiger partial charge in [-0.05, 0) is 72.1 Å². The normalized spacial score (nSPS) is 11.8. The fourth-order valence-electron chi connectivity index (χ4n) is 5.21. The third-order valence-corrected chi connectivity index (χ3v) is 10.6. The van der Waals surface area contributed by atoms with E-state index in [1.807, 2.05) is 0 Å². The van der Waals surface area contributed by atoms with Crippen LogP contribution < -0.4 is 10.2 Å². The van der Waals surface area contributed by atoms with Crippen LogP contribution in [0.4, 0.5) is 22.7 Å². The molecule has 16 nitrogen and oxygen atoms in total. The summed E-state index contributed by atoms with van der Waals surface area (Å²) in [5.41, 5.74) is -1.17. The molecule has 21 heteroatoms. The maximum atomic E-state index is 11.6. The maximum Gasteiger partial charge on any atom is 2.00 e. The minimum Gasteiger partial charge on any atom is -0.545 e. The monoisotopic (exact) mass is 976 g/mol. The summed E-state index contributed by atoms with van der Waals surface area (Å²) in [4.78, 5) is 21.5. The molecule has 6 rings (SSSR count). The molecule has 0 amide bonds. The number of aromatic hydroxyl groups is 2. The summed E-state index contributed by atoms with van der Waals surface area (Å²) in [6, 6.07) is 20.1. The van der Waals surface area contributed by atoms with Crippen molar-refractivity contribution in [3.8, 4) is 11.5 Å². The van der Waals surface area contributed by atoms with Crippen molar-refractivity contribution in [2.75, 3.05) is 0 Å². The molecule has 0 fully saturated rings. The Labute approximate surface area is 373 Å². The topological polar surface area (TPSA) is 279 Å². The number of hydrogen-bond donors (Lipinski definition) is 4. The Kier molecular flexibility index (Phi) is 14.3. The van der Waals surface area contributed by atoms with Gasteiger partial charge in [0.15, 0.2) is 11.5 Å². The van der Waals surface area contributed by atoms with Crippen LogP contribution in [0.1, 0.15) is 31.8 Å². The summed E-state index contributed by atoms with van der Waals surface area (Å²) in [6.07, 6.45) is 0. The van der Waals surface area contributed by atoms with E-state index in [0.29, 0.717) is 32.7 Å². The number of aromatic carboxylic acids is 2. The molecule has 0 aliphatic rings. The first-order chi connectivity index (χ1) is 26.2. The van der Waals surface area contributed by atoms with E-state index in [9.17, 15) is 56.0 Å². The molecule has 0 aliphatic carbocycles. The molecule has 57 heavy (non-hydrogen) atoms. The van der Waals surface area contributed by atoms with Crippen molar-refractivity contribution in [2.24, 2.45) is 20.5 Å². The first-order valence-electron chi connectivity index (χ1n) is 15.5. The van der Waals surface area contributed by atoms with E-state index in [2.05, 4.69) is 20.5 Å². The minimum atomic E-state index is -4.63. The molecule has 0 atom stereocenters. The van der Waals surface area contributed by atoms with Crippen molar-refractivity contribution < 1.29 is 56.0 Å². The summed E-state index contributed by atoms with van der Waals surface area (Å²) in [6.45, 7) is 3.08. The first kappa shape index (κ1) is 45.3. The number of carbonyl (C=O) groups excluding carboxylic acids is 2. The van der Waals surface area contributed by atoms with E-state index in [-0.39, 0.29) is 81.7 Å². The second-order valence-electron chi connectivity index (χ2n) is 11.7. The number of azo groups is 2. The summed E-state index contributed by atoms with van der Waals surface area (Å²) in [7, 11) is -9.26. The zero-order valence-electron chi connectivity index (χ0n) is 29.2. The number of hydrogen-bond acceptors (Lipinski definition) is 14. The first-order valence-corrected chi connectivity index (χ1v) is 19.1. The number of carboxylic acid groups (broad SMARTS) is 2. The molecule has 0 heterocycles. The van der Waals surface area contributed by atoms with E-state index >= 15 is 0 Å². The second kappa shape index (κ2) is 18.0. The van der Waals surface area contributed by atoms with E-state index in [4.69, 9.17) is 23.2 Å². The Morgan fingerprint density at radius 2 is 0.912 bits per heavy atom. The third kappa shape index (κ3) is 10.2. The average Bonchev–Trinajstić information content (AvgIpc) is 3.12. The van der Waals surface area contributed by atoms with Gasteiger partial charge in [0, 0.05) is 31.9 Å². The van der Waals surface area contributed by atoms with Gasteiger partial charge in [0.25, 0.3) is 20.2 Å². The molecule has 0 bridgehead atoms. The summed E-state index contributed by atoms with van der Waals surface area (Å²) >= 11 is 12.0. The maximum absolute atomic E-state index is 11.6. The van der Waals surface area contributed by atoms with Crippen molar-refractivity contribution in [3.63, 3.8) is 0 Å². The molecule has 0 saturated carbocycles. The van der Waals surface area contributed by atoms with Crippen LogP contribution >= 0.6 is 23.2 Å². The Balaban J connectivity index is 0.000000248. The number of aryl methyl sites for hydroxylation is 2. The van der Waals surface area contributed by atoms with Crippen LogP contribution in [0.5, 0.6) is 11.5 Å². The fourth-order valence-corrected chi connectivity index (χ4v) is 6.91. The van der Waals surface area contributed by atoms with Gasteiger partial charge in [-0.1, -0.05) is 71.7 Å². The number of fused-ring (bicyclic) bond motifs is 2. The van der Waals surface area contributed by atoms with Gasteiger partial charge >= 0.3 is 48.9 Å². The zero-order chi connectivity index (χ0) is 41.3. The van der Waals surface area contributed by atoms with Crippen LogP contribution in [0.2, 0.25) is 10.0 Å². The van der Waals surface area contributed by atoms with Crippen molar-refractivity contribution >= 4 is 149 Å². The number of phenols is 2. The van der Waals surface area contributed by atoms with Crippen LogP contribution in [0, 0.1) is 13.8 Å². The predicted octanol–water partition coefficient (Wildman–Crippen LogP) is 6.68. The number of nitrogens with zero attached hydrogens (tertiary/aromatic N) is 4. The van der Waals surface area contributed by atoms with Crippen molar-refractivity contribution in [2.45, 2.75) is 23.6 Å². The zero-order valence-corrected chi connectivity index (χ0v) is 36.8. The molecule has 0 aliphatic heterocycles. The Bertz CT molecular complexity index is 2710. The van der Waals surface area contributed by atoms with E-state index in [0.717, 1.165) is 12.1 Å². The van der Waals surface area contributed by atoms with Crippen molar-refractivity contribution in [1.29, 1.82) is 0 Å². The average molecular weight is 977 g/mol. The molecule has 0 spiro atoms. The summed E-state index contributed by atoms with van der Waals surface area (Å²) in [5, 5.41) is 60.4. The Hall–Kier alpha value is -4.45. The van der Waals surface area contributed by atoms with Crippen molar-refractivity contribution in [3.05, 3.63) is 117 Å². The van der Waals surface area contributed by atoms with Crippen molar-refractivity contribution in [1.82, 2.24) is 0 Å². The minimum absolute atomic E-state index is 0. The molecule has 0 saturated heterocycles. The summed E-state index contributed by atoms with van der Waals surface area (Å²) in [5.74, 6) is -4.60. The van der Waals surface area contributed by atoms with E-state index in [1.54, 1.807) is 62.4 Å².